The van der Waals surface area contributed by atoms with Crippen molar-refractivity contribution in [3.05, 3.63) is 35.9 Å². The van der Waals surface area contributed by atoms with Gasteiger partial charge in [-0.25, -0.2) is 4.84 Å². The molecule has 4 fully saturated rings. The van der Waals surface area contributed by atoms with Gasteiger partial charge in [-0.2, -0.15) is 8.42 Å². The first-order valence-corrected chi connectivity index (χ1v) is 24.3. The topological polar surface area (TPSA) is 102 Å². The molecular formula is C35H61NO9SSi2. The average Bonchev–Trinajstić information content (AvgIpc) is 3.32. The first kappa shape index (κ1) is 38.5. The number of ether oxygens (including phenoxy) is 1. The van der Waals surface area contributed by atoms with E-state index < -0.39 is 57.6 Å². The van der Waals surface area contributed by atoms with E-state index in [1.165, 1.54) is 17.2 Å². The third-order valence-corrected chi connectivity index (χ3v) is 21.4. The molecule has 274 valence electrons. The third-order valence-electron chi connectivity index (χ3n) is 11.1. The van der Waals surface area contributed by atoms with Crippen molar-refractivity contribution >= 4 is 27.0 Å². The maximum atomic E-state index is 12.7. The molecule has 10 nitrogen and oxygen atoms in total. The fourth-order valence-electron chi connectivity index (χ4n) is 7.82. The van der Waals surface area contributed by atoms with Gasteiger partial charge in [0.25, 0.3) is 10.1 Å². The van der Waals surface area contributed by atoms with E-state index in [0.29, 0.717) is 6.42 Å². The van der Waals surface area contributed by atoms with E-state index in [0.717, 1.165) is 25.5 Å². The Hall–Kier alpha value is -0.716. The number of rotatable bonds is 9. The summed E-state index contributed by atoms with van der Waals surface area (Å²) in [7, 11) is -9.24. The molecule has 0 N–H and O–H groups in total. The van der Waals surface area contributed by atoms with Crippen LogP contribution in [0, 0.1) is 0 Å². The highest BCUT2D eigenvalue weighted by atomic mass is 32.2. The molecule has 0 unspecified atom stereocenters. The van der Waals surface area contributed by atoms with Crippen LogP contribution in [0.5, 0.6) is 0 Å². The summed E-state index contributed by atoms with van der Waals surface area (Å²) in [5, 5.41) is 0.746. The first-order chi connectivity index (χ1) is 22.0. The second-order valence-electron chi connectivity index (χ2n) is 17.9. The lowest BCUT2D eigenvalue weighted by atomic mass is 9.81. The fraction of sp³-hybridized carbons (Fsp3) is 0.829. The van der Waals surface area contributed by atoms with Gasteiger partial charge in [0.05, 0.1) is 25.1 Å². The molecule has 1 aromatic carbocycles. The Balaban J connectivity index is 1.49. The van der Waals surface area contributed by atoms with Crippen LogP contribution >= 0.6 is 0 Å². The number of hydroxylamine groups is 2. The molecule has 0 aromatic heterocycles. The number of hydrogen-bond acceptors (Lipinski definition) is 10. The van der Waals surface area contributed by atoms with Gasteiger partial charge in [-0.3, -0.25) is 9.02 Å². The second kappa shape index (κ2) is 13.7. The molecule has 1 aromatic rings. The van der Waals surface area contributed by atoms with E-state index in [2.05, 4.69) is 99.7 Å². The monoisotopic (exact) mass is 727 g/mol. The molecule has 0 spiro atoms. The minimum absolute atomic E-state index is 0.0109. The van der Waals surface area contributed by atoms with Crippen molar-refractivity contribution in [3.8, 4) is 0 Å². The summed E-state index contributed by atoms with van der Waals surface area (Å²) in [5.41, 5.74) is 1.28. The summed E-state index contributed by atoms with van der Waals surface area (Å²) in [5.74, 6) is 0.273. The Morgan fingerprint density at radius 1 is 0.938 bits per heavy atom. The molecule has 0 radical (unpaired) electrons. The minimum atomic E-state index is -3.88. The molecule has 8 atom stereocenters. The van der Waals surface area contributed by atoms with Crippen LogP contribution in [0.25, 0.3) is 0 Å². The fourth-order valence-corrected chi connectivity index (χ4v) is 14.5. The summed E-state index contributed by atoms with van der Waals surface area (Å²) in [6, 6.07) is 10.2. The highest BCUT2D eigenvalue weighted by Crippen LogP contribution is 2.58. The Kier molecular flexibility index (Phi) is 11.0. The quantitative estimate of drug-likeness (QED) is 0.187. The number of hydrogen-bond donors (Lipinski definition) is 0. The van der Waals surface area contributed by atoms with Crippen molar-refractivity contribution in [2.45, 2.75) is 171 Å². The minimum Gasteiger partial charge on any atom is -0.414 e. The molecule has 3 saturated heterocycles. The van der Waals surface area contributed by atoms with Crippen LogP contribution in [-0.4, -0.2) is 86.2 Å². The zero-order chi connectivity index (χ0) is 35.5. The molecule has 0 amide bonds. The van der Waals surface area contributed by atoms with Crippen LogP contribution in [0.3, 0.4) is 0 Å². The molecule has 1 saturated carbocycles. The molecule has 0 bridgehead atoms. The molecule has 4 aliphatic rings. The van der Waals surface area contributed by atoms with Gasteiger partial charge < -0.3 is 18.0 Å². The predicted octanol–water partition coefficient (Wildman–Crippen LogP) is 7.57. The van der Waals surface area contributed by atoms with Crippen LogP contribution in [-0.2, 0) is 42.0 Å². The SMILES string of the molecule is CC(C)(C)[Si](C)(C)OC[C@@H](OS(C)(=O)=O)[C@H]1ON2O[C@@H](O[C@H]3CCCC[C@@H]3c3ccccc3)C[C@@H]3O[Si](C(C)(C)C)(C(C)(C)C)O[C@@H]1[C@@H]32. The summed E-state index contributed by atoms with van der Waals surface area (Å²) >= 11 is 0. The van der Waals surface area contributed by atoms with Gasteiger partial charge in [0, 0.05) is 22.4 Å². The van der Waals surface area contributed by atoms with E-state index in [1.807, 2.05) is 6.07 Å². The summed E-state index contributed by atoms with van der Waals surface area (Å²) in [4.78, 5) is 13.1. The van der Waals surface area contributed by atoms with Crippen molar-refractivity contribution in [3.63, 3.8) is 0 Å². The van der Waals surface area contributed by atoms with Crippen LogP contribution < -0.4 is 0 Å². The summed E-state index contributed by atoms with van der Waals surface area (Å²) < 4.78 is 59.2. The molecular weight excluding hydrogens is 667 g/mol. The third kappa shape index (κ3) is 7.86. The van der Waals surface area contributed by atoms with Crippen LogP contribution in [0.4, 0.5) is 0 Å². The lowest BCUT2D eigenvalue weighted by molar-refractivity contribution is -0.452. The van der Waals surface area contributed by atoms with Gasteiger partial charge in [0.15, 0.2) is 14.6 Å². The molecule has 48 heavy (non-hydrogen) atoms. The van der Waals surface area contributed by atoms with Gasteiger partial charge in [0.2, 0.25) is 0 Å². The number of benzene rings is 1. The lowest BCUT2D eigenvalue weighted by Crippen LogP contribution is -2.71. The molecule has 3 heterocycles. The summed E-state index contributed by atoms with van der Waals surface area (Å²) in [6.07, 6.45) is 2.56. The molecule has 13 heteroatoms. The first-order valence-electron chi connectivity index (χ1n) is 17.7. The zero-order valence-electron chi connectivity index (χ0n) is 31.3. The lowest BCUT2D eigenvalue weighted by Gasteiger charge is -2.57. The zero-order valence-corrected chi connectivity index (χ0v) is 34.1. The van der Waals surface area contributed by atoms with Crippen molar-refractivity contribution in [1.82, 2.24) is 5.23 Å². The van der Waals surface area contributed by atoms with Crippen molar-refractivity contribution in [1.29, 1.82) is 0 Å². The Morgan fingerprint density at radius 2 is 1.56 bits per heavy atom. The van der Waals surface area contributed by atoms with Crippen LogP contribution in [0.1, 0.15) is 106 Å². The maximum Gasteiger partial charge on any atom is 0.350 e. The van der Waals surface area contributed by atoms with Crippen molar-refractivity contribution in [2.24, 2.45) is 0 Å². The Morgan fingerprint density at radius 3 is 2.15 bits per heavy atom. The Bertz CT molecular complexity index is 1340. The van der Waals surface area contributed by atoms with Crippen molar-refractivity contribution < 1.29 is 40.3 Å². The molecule has 1 aliphatic carbocycles. The molecule has 3 aliphatic heterocycles. The van der Waals surface area contributed by atoms with Gasteiger partial charge in [-0.05, 0) is 36.5 Å². The second-order valence-corrected chi connectivity index (χ2v) is 29.0. The normalized spacial score (nSPS) is 32.5. The predicted molar refractivity (Wildman–Crippen MR) is 190 cm³/mol. The largest absolute Gasteiger partial charge is 0.414 e. The van der Waals surface area contributed by atoms with E-state index in [-0.39, 0.29) is 39.8 Å². The van der Waals surface area contributed by atoms with E-state index >= 15 is 0 Å². The van der Waals surface area contributed by atoms with E-state index in [9.17, 15) is 8.42 Å². The maximum absolute atomic E-state index is 12.7. The highest BCUT2D eigenvalue weighted by Gasteiger charge is 2.70. The number of nitrogens with zero attached hydrogens (tertiary/aromatic N) is 1. The van der Waals surface area contributed by atoms with E-state index in [1.54, 1.807) is 0 Å². The Labute approximate surface area is 291 Å². The van der Waals surface area contributed by atoms with Crippen LogP contribution in [0.2, 0.25) is 28.2 Å². The van der Waals surface area contributed by atoms with Gasteiger partial charge in [-0.15, -0.1) is 0 Å². The standard InChI is InChI=1S/C35H61NO9SSi2/c1-33(2,3)47(11,12)39-23-28(43-46(10,37)38)31-32-30-27(44-48(45-32,34(4,5)6)35(7,8)9)22-29(41-36(30)42-31)40-26-21-17-16-20-25(26)24-18-14-13-15-19-24/h13-15,18-19,25-32H,16-17,20-23H2,1-12H3/t25-,26+,27+,28-,29-,30-,31-,32-/m1/s1. The summed E-state index contributed by atoms with van der Waals surface area (Å²) in [6.45, 7) is 23.9. The van der Waals surface area contributed by atoms with Gasteiger partial charge >= 0.3 is 8.56 Å². The van der Waals surface area contributed by atoms with Crippen molar-refractivity contribution in [2.75, 3.05) is 12.9 Å². The van der Waals surface area contributed by atoms with Gasteiger partial charge in [-0.1, -0.05) is 111 Å². The average molecular weight is 728 g/mol. The van der Waals surface area contributed by atoms with Gasteiger partial charge in [0.1, 0.15) is 24.4 Å². The smallest absolute Gasteiger partial charge is 0.350 e. The molecule has 5 rings (SSSR count). The highest BCUT2D eigenvalue weighted by molar-refractivity contribution is 7.86. The van der Waals surface area contributed by atoms with Crippen LogP contribution in [0.15, 0.2) is 30.3 Å². The van der Waals surface area contributed by atoms with E-state index in [4.69, 9.17) is 31.9 Å².